The molecule has 4 aromatic rings. The van der Waals surface area contributed by atoms with Crippen molar-refractivity contribution in [2.75, 3.05) is 73.2 Å². The Morgan fingerprint density at radius 2 is 1.87 bits per heavy atom. The summed E-state index contributed by atoms with van der Waals surface area (Å²) in [5.74, 6) is 2.91. The number of rotatable bonds is 9. The van der Waals surface area contributed by atoms with Gasteiger partial charge in [0.2, 0.25) is 11.8 Å². The van der Waals surface area contributed by atoms with Gasteiger partial charge in [0.25, 0.3) is 11.8 Å². The molecule has 0 spiro atoms. The molecule has 374 valence electrons. The van der Waals surface area contributed by atoms with Crippen molar-refractivity contribution in [3.63, 3.8) is 0 Å². The van der Waals surface area contributed by atoms with E-state index in [0.29, 0.717) is 63.5 Å². The highest BCUT2D eigenvalue weighted by atomic mass is 32.1. The molecule has 4 amide bonds. The number of nitrogens with zero attached hydrogens (tertiary/aromatic N) is 7. The van der Waals surface area contributed by atoms with Crippen molar-refractivity contribution in [1.82, 2.24) is 45.0 Å². The van der Waals surface area contributed by atoms with Gasteiger partial charge in [0.05, 0.1) is 60.5 Å². The predicted octanol–water partition coefficient (Wildman–Crippen LogP) is 4.39. The number of likely N-dealkylation sites (N-methyl/N-ethyl adjacent to an activating group) is 1. The normalized spacial score (nSPS) is 21.9. The fourth-order valence-electron chi connectivity index (χ4n) is 10.2. The van der Waals surface area contributed by atoms with Crippen molar-refractivity contribution in [2.45, 2.75) is 91.0 Å². The van der Waals surface area contributed by atoms with Crippen LogP contribution in [0.5, 0.6) is 0 Å². The molecule has 0 aliphatic carbocycles. The van der Waals surface area contributed by atoms with Gasteiger partial charge in [-0.3, -0.25) is 38.9 Å². The minimum absolute atomic E-state index is 0.0654. The molecule has 6 bridgehead atoms. The number of hydrogen-bond donors (Lipinski definition) is 2. The summed E-state index contributed by atoms with van der Waals surface area (Å²) < 4.78 is 19.5. The van der Waals surface area contributed by atoms with Gasteiger partial charge in [-0.25, -0.2) is 10.4 Å². The maximum Gasteiger partial charge on any atom is 0.324 e. The van der Waals surface area contributed by atoms with E-state index in [4.69, 9.17) is 24.2 Å². The third-order valence-electron chi connectivity index (χ3n) is 14.1. The van der Waals surface area contributed by atoms with Gasteiger partial charge in [-0.1, -0.05) is 39.7 Å². The number of aromatic nitrogens is 3. The monoisotopic (exact) mass is 977 g/mol. The van der Waals surface area contributed by atoms with E-state index in [2.05, 4.69) is 71.1 Å². The van der Waals surface area contributed by atoms with Gasteiger partial charge >= 0.3 is 5.97 Å². The fourth-order valence-corrected chi connectivity index (χ4v) is 11.0. The minimum atomic E-state index is -1.10. The number of morpholine rings is 1. The van der Waals surface area contributed by atoms with E-state index in [1.54, 1.807) is 25.3 Å². The van der Waals surface area contributed by atoms with E-state index >= 15 is 0 Å². The third kappa shape index (κ3) is 11.1. The average molecular weight is 978 g/mol. The number of hydrogen-bond acceptors (Lipinski definition) is 13. The Bertz CT molecular complexity index is 2660. The lowest BCUT2D eigenvalue weighted by molar-refractivity contribution is -0.155. The number of hydrazine groups is 1. The molecule has 0 unspecified atom stereocenters. The third-order valence-corrected chi connectivity index (χ3v) is 14.9. The maximum absolute atomic E-state index is 14.7. The van der Waals surface area contributed by atoms with Crippen molar-refractivity contribution >= 4 is 51.8 Å². The van der Waals surface area contributed by atoms with Gasteiger partial charge in [-0.15, -0.1) is 11.3 Å². The number of cyclic esters (lactones) is 1. The highest BCUT2D eigenvalue weighted by Crippen LogP contribution is 2.41. The Morgan fingerprint density at radius 1 is 1.09 bits per heavy atom. The number of thiazole rings is 1. The number of amides is 4. The highest BCUT2D eigenvalue weighted by Gasteiger charge is 2.40. The van der Waals surface area contributed by atoms with Crippen molar-refractivity contribution in [1.29, 1.82) is 0 Å². The Hall–Kier alpha value is -5.71. The summed E-state index contributed by atoms with van der Waals surface area (Å²) in [6.07, 6.45) is 3.59. The van der Waals surface area contributed by atoms with Crippen molar-refractivity contribution in [3.8, 4) is 34.4 Å². The van der Waals surface area contributed by atoms with Crippen LogP contribution in [0, 0.1) is 29.1 Å². The first-order valence-corrected chi connectivity index (χ1v) is 25.3. The van der Waals surface area contributed by atoms with E-state index in [0.717, 1.165) is 57.8 Å². The van der Waals surface area contributed by atoms with E-state index < -0.39 is 47.2 Å². The predicted molar refractivity (Wildman–Crippen MR) is 266 cm³/mol. The SMILES string of the molecule is CO[C@@H](C)c1ncccc1-c1c2c3cc(ccc3n1C)-c1csc(n1)C[C@H](NC(=O)[C@H](C(C)C)N(C)C(=O)[C@H]1CCN(C(=O)C#CCN3CCOCC3)C1)C(=O)N1CCC[C@H](N1)C(=O)OCC(C)(C)C2. The van der Waals surface area contributed by atoms with Crippen LogP contribution < -0.4 is 10.7 Å². The summed E-state index contributed by atoms with van der Waals surface area (Å²) in [4.78, 5) is 85.4. The van der Waals surface area contributed by atoms with Crippen LogP contribution in [0.15, 0.2) is 41.9 Å². The second kappa shape index (κ2) is 21.7. The molecule has 1 aromatic carbocycles. The van der Waals surface area contributed by atoms with Gasteiger partial charge < -0.3 is 33.9 Å². The molecular formula is C52H67N9O8S. The van der Waals surface area contributed by atoms with Crippen LogP contribution in [-0.4, -0.2) is 155 Å². The number of pyridine rings is 1. The molecule has 18 heteroatoms. The van der Waals surface area contributed by atoms with E-state index in [-0.39, 0.29) is 43.4 Å². The molecule has 3 saturated heterocycles. The molecule has 5 atom stereocenters. The number of ether oxygens (including phenoxy) is 3. The first kappa shape index (κ1) is 50.7. The fraction of sp³-hybridized carbons (Fsp3) is 0.558. The molecule has 17 nitrogen and oxygen atoms in total. The van der Waals surface area contributed by atoms with Crippen LogP contribution in [0.4, 0.5) is 0 Å². The smallest absolute Gasteiger partial charge is 0.324 e. The molecule has 0 radical (unpaired) electrons. The topological polar surface area (TPSA) is 181 Å². The number of fused-ring (bicyclic) bond motifs is 6. The molecule has 0 saturated carbocycles. The number of methoxy groups -OCH3 is 1. The largest absolute Gasteiger partial charge is 0.464 e. The molecule has 4 aliphatic rings. The minimum Gasteiger partial charge on any atom is -0.464 e. The molecule has 8 rings (SSSR count). The molecule has 7 heterocycles. The Morgan fingerprint density at radius 3 is 2.63 bits per heavy atom. The van der Waals surface area contributed by atoms with Gasteiger partial charge in [-0.2, -0.15) is 0 Å². The number of benzene rings is 1. The van der Waals surface area contributed by atoms with Crippen LogP contribution in [0.3, 0.4) is 0 Å². The van der Waals surface area contributed by atoms with Gasteiger partial charge in [0.1, 0.15) is 18.1 Å². The zero-order chi connectivity index (χ0) is 49.9. The maximum atomic E-state index is 14.7. The van der Waals surface area contributed by atoms with Crippen LogP contribution >= 0.6 is 11.3 Å². The van der Waals surface area contributed by atoms with Crippen LogP contribution in [0.2, 0.25) is 0 Å². The summed E-state index contributed by atoms with van der Waals surface area (Å²) in [7, 11) is 5.34. The first-order chi connectivity index (χ1) is 33.5. The quantitative estimate of drug-likeness (QED) is 0.179. The van der Waals surface area contributed by atoms with Gasteiger partial charge in [0.15, 0.2) is 0 Å². The van der Waals surface area contributed by atoms with Crippen LogP contribution in [0.25, 0.3) is 33.4 Å². The molecule has 3 fully saturated rings. The Labute approximate surface area is 414 Å². The lowest BCUT2D eigenvalue weighted by Gasteiger charge is -2.36. The van der Waals surface area contributed by atoms with Gasteiger partial charge in [-0.05, 0) is 74.3 Å². The van der Waals surface area contributed by atoms with E-state index in [1.807, 2.05) is 38.3 Å². The summed E-state index contributed by atoms with van der Waals surface area (Å²) in [6, 6.07) is 7.48. The lowest BCUT2D eigenvalue weighted by atomic mass is 9.84. The second-order valence-corrected chi connectivity index (χ2v) is 21.1. The van der Waals surface area contributed by atoms with Crippen molar-refractivity contribution < 1.29 is 38.2 Å². The first-order valence-electron chi connectivity index (χ1n) is 24.5. The van der Waals surface area contributed by atoms with Crippen molar-refractivity contribution in [3.05, 3.63) is 58.2 Å². The standard InChI is InChI=1S/C52H67N9O8S/c1-32(2)46(58(7)49(64)35-17-21-60(29-35)44(62)14-11-19-59-22-24-68-25-23-59)48(63)55-40-27-43-54-41(30-70-43)34-15-16-42-37(26-34)38(47(57(42)6)36-12-9-18-53-45(36)33(3)67-8)28-52(4,5)31-69-51(66)39-13-10-20-61(56-39)50(40)65/h9,12,15-16,18,26,30,32-33,35,39-40,46,56H,10,13,17,19-25,27-29,31H2,1-8H3,(H,55,63)/t33-,35-,39-,40-,46-/m0/s1. The number of likely N-dealkylation sites (tertiary alicyclic amines) is 1. The summed E-state index contributed by atoms with van der Waals surface area (Å²) in [5.41, 5.74) is 9.11. The van der Waals surface area contributed by atoms with E-state index in [1.165, 1.54) is 21.2 Å². The Kier molecular flexibility index (Phi) is 15.7. The molecule has 3 aromatic heterocycles. The zero-order valence-corrected chi connectivity index (χ0v) is 42.5. The van der Waals surface area contributed by atoms with Gasteiger partial charge in [0, 0.05) is 99.4 Å². The zero-order valence-electron chi connectivity index (χ0n) is 41.7. The van der Waals surface area contributed by atoms with Crippen LogP contribution in [0.1, 0.15) is 76.3 Å². The van der Waals surface area contributed by atoms with E-state index in [9.17, 15) is 24.0 Å². The average Bonchev–Trinajstić information content (AvgIpc) is 4.11. The molecule has 4 aliphatic heterocycles. The van der Waals surface area contributed by atoms with Crippen LogP contribution in [-0.2, 0) is 58.1 Å². The number of carbonyl (C=O) groups is 5. The number of esters is 1. The summed E-state index contributed by atoms with van der Waals surface area (Å²) in [6.45, 7) is 14.2. The highest BCUT2D eigenvalue weighted by molar-refractivity contribution is 7.10. The number of nitrogens with one attached hydrogen (secondary N) is 2. The molecular weight excluding hydrogens is 911 g/mol. The Balaban J connectivity index is 1.07. The lowest BCUT2D eigenvalue weighted by Crippen LogP contribution is -2.62. The summed E-state index contributed by atoms with van der Waals surface area (Å²) in [5, 5.41) is 8.07. The summed E-state index contributed by atoms with van der Waals surface area (Å²) >= 11 is 1.40. The van der Waals surface area contributed by atoms with Crippen molar-refractivity contribution in [2.24, 2.45) is 24.3 Å². The molecule has 70 heavy (non-hydrogen) atoms. The second-order valence-electron chi connectivity index (χ2n) is 20.2. The molecule has 2 N–H and O–H groups in total. The number of aryl methyl sites for hydroxylation is 1. The number of carbonyl (C=O) groups excluding carboxylic acids is 5.